The van der Waals surface area contributed by atoms with Crippen LogP contribution in [-0.2, 0) is 0 Å². The molecular weight excluding hydrogens is 325 g/mol. The van der Waals surface area contributed by atoms with Gasteiger partial charge in [-0.25, -0.2) is 9.18 Å². The Hall–Kier alpha value is -2.41. The Balaban J connectivity index is 2.03. The van der Waals surface area contributed by atoms with Crippen LogP contribution in [0.2, 0.25) is 0 Å². The van der Waals surface area contributed by atoms with E-state index in [-0.39, 0.29) is 23.0 Å². The summed E-state index contributed by atoms with van der Waals surface area (Å²) in [6.07, 6.45) is 4.06. The summed E-state index contributed by atoms with van der Waals surface area (Å²) in [6.45, 7) is 3.04. The van der Waals surface area contributed by atoms with Crippen LogP contribution in [-0.4, -0.2) is 34.8 Å². The number of pyridine rings is 1. The molecular formula is C18H20FN3O3. The normalized spacial score (nSPS) is 20.4. The van der Waals surface area contributed by atoms with Crippen molar-refractivity contribution in [3.63, 3.8) is 0 Å². The Morgan fingerprint density at radius 1 is 1.36 bits per heavy atom. The summed E-state index contributed by atoms with van der Waals surface area (Å²) in [5, 5.41) is 9.45. The minimum Gasteiger partial charge on any atom is -0.477 e. The first-order valence-electron chi connectivity index (χ1n) is 8.50. The molecule has 6 nitrogen and oxygen atoms in total. The predicted octanol–water partition coefficient (Wildman–Crippen LogP) is 2.02. The van der Waals surface area contributed by atoms with Gasteiger partial charge in [0.1, 0.15) is 11.4 Å². The monoisotopic (exact) mass is 345 g/mol. The lowest BCUT2D eigenvalue weighted by Gasteiger charge is -2.24. The van der Waals surface area contributed by atoms with Gasteiger partial charge in [-0.2, -0.15) is 0 Å². The summed E-state index contributed by atoms with van der Waals surface area (Å²) in [5.74, 6) is -1.78. The van der Waals surface area contributed by atoms with Crippen molar-refractivity contribution in [2.24, 2.45) is 5.73 Å². The average molecular weight is 345 g/mol. The molecule has 132 valence electrons. The molecule has 4 rings (SSSR count). The van der Waals surface area contributed by atoms with Crippen molar-refractivity contribution in [3.8, 4) is 0 Å². The summed E-state index contributed by atoms with van der Waals surface area (Å²) in [7, 11) is 0. The van der Waals surface area contributed by atoms with E-state index in [2.05, 4.69) is 0 Å². The molecule has 1 aliphatic heterocycles. The van der Waals surface area contributed by atoms with Gasteiger partial charge in [0.25, 0.3) is 0 Å². The number of benzene rings is 1. The van der Waals surface area contributed by atoms with E-state index in [1.54, 1.807) is 6.92 Å². The first-order valence-corrected chi connectivity index (χ1v) is 8.50. The van der Waals surface area contributed by atoms with Gasteiger partial charge in [-0.05, 0) is 37.8 Å². The van der Waals surface area contributed by atoms with E-state index in [0.717, 1.165) is 19.3 Å². The topological polar surface area (TPSA) is 88.6 Å². The molecule has 0 amide bonds. The van der Waals surface area contributed by atoms with E-state index < -0.39 is 17.2 Å². The van der Waals surface area contributed by atoms with Crippen molar-refractivity contribution in [1.82, 2.24) is 4.57 Å². The molecule has 0 spiro atoms. The van der Waals surface area contributed by atoms with Crippen LogP contribution < -0.4 is 16.1 Å². The van der Waals surface area contributed by atoms with Gasteiger partial charge < -0.3 is 20.3 Å². The van der Waals surface area contributed by atoms with Crippen LogP contribution in [0.4, 0.5) is 10.1 Å². The highest BCUT2D eigenvalue weighted by Gasteiger charge is 2.30. The highest BCUT2D eigenvalue weighted by atomic mass is 19.1. The second-order valence-corrected chi connectivity index (χ2v) is 7.04. The van der Waals surface area contributed by atoms with Crippen molar-refractivity contribution >= 4 is 22.6 Å². The number of aromatic nitrogens is 1. The SMILES string of the molecule is Cc1c(N2CCC(N)C2)c(F)cc2c(=O)c(C(=O)O)cn(C3CC3)c12. The average Bonchev–Trinajstić information content (AvgIpc) is 3.30. The van der Waals surface area contributed by atoms with Crippen molar-refractivity contribution < 1.29 is 14.3 Å². The Kier molecular flexibility index (Phi) is 3.57. The standard InChI is InChI=1S/C18H20FN3O3/c1-9-15-12(6-14(19)16(9)21-5-4-10(20)7-21)17(23)13(18(24)25)8-22(15)11-2-3-11/h6,8,10-11H,2-5,7,20H2,1H3,(H,24,25). The van der Waals surface area contributed by atoms with Gasteiger partial charge in [0.15, 0.2) is 0 Å². The van der Waals surface area contributed by atoms with Gasteiger partial charge in [-0.3, -0.25) is 4.79 Å². The predicted molar refractivity (Wildman–Crippen MR) is 92.9 cm³/mol. The number of nitrogens with zero attached hydrogens (tertiary/aromatic N) is 2. The molecule has 0 bridgehead atoms. The van der Waals surface area contributed by atoms with Crippen LogP contribution in [0.1, 0.15) is 41.2 Å². The number of halogens is 1. The molecule has 7 heteroatoms. The Labute approximate surface area is 143 Å². The van der Waals surface area contributed by atoms with E-state index in [9.17, 15) is 19.1 Å². The van der Waals surface area contributed by atoms with Gasteiger partial charge in [0.05, 0.1) is 11.2 Å². The maximum atomic E-state index is 14.8. The van der Waals surface area contributed by atoms with Crippen molar-refractivity contribution in [2.45, 2.75) is 38.3 Å². The van der Waals surface area contributed by atoms with Crippen LogP contribution in [0.25, 0.3) is 10.9 Å². The quantitative estimate of drug-likeness (QED) is 0.888. The fourth-order valence-electron chi connectivity index (χ4n) is 3.84. The third-order valence-electron chi connectivity index (χ3n) is 5.19. The second kappa shape index (κ2) is 5.56. The number of aromatic carboxylic acids is 1. The zero-order valence-electron chi connectivity index (χ0n) is 14.0. The molecule has 2 heterocycles. The first-order chi connectivity index (χ1) is 11.9. The molecule has 1 aliphatic carbocycles. The van der Waals surface area contributed by atoms with E-state index >= 15 is 0 Å². The van der Waals surface area contributed by atoms with E-state index in [0.29, 0.717) is 29.9 Å². The minimum atomic E-state index is -1.28. The van der Waals surface area contributed by atoms with Crippen LogP contribution in [0, 0.1) is 12.7 Å². The van der Waals surface area contributed by atoms with Crippen molar-refractivity contribution in [2.75, 3.05) is 18.0 Å². The van der Waals surface area contributed by atoms with Crippen molar-refractivity contribution in [1.29, 1.82) is 0 Å². The van der Waals surface area contributed by atoms with E-state index in [1.807, 2.05) is 9.47 Å². The number of fused-ring (bicyclic) bond motifs is 1. The summed E-state index contributed by atoms with van der Waals surface area (Å²) >= 11 is 0. The van der Waals surface area contributed by atoms with E-state index in [1.165, 1.54) is 12.3 Å². The fraction of sp³-hybridized carbons (Fsp3) is 0.444. The molecule has 3 N–H and O–H groups in total. The maximum absolute atomic E-state index is 14.8. The largest absolute Gasteiger partial charge is 0.477 e. The maximum Gasteiger partial charge on any atom is 0.341 e. The summed E-state index contributed by atoms with van der Waals surface area (Å²) in [4.78, 5) is 25.9. The summed E-state index contributed by atoms with van der Waals surface area (Å²) in [6, 6.07) is 1.36. The Morgan fingerprint density at radius 2 is 2.08 bits per heavy atom. The molecule has 2 aromatic rings. The van der Waals surface area contributed by atoms with Gasteiger partial charge in [-0.1, -0.05) is 0 Å². The summed E-state index contributed by atoms with van der Waals surface area (Å²) < 4.78 is 16.7. The third kappa shape index (κ3) is 2.50. The van der Waals surface area contributed by atoms with Gasteiger partial charge in [0.2, 0.25) is 5.43 Å². The van der Waals surface area contributed by atoms with Gasteiger partial charge in [0, 0.05) is 36.8 Å². The number of carbonyl (C=O) groups is 1. The molecule has 1 aromatic carbocycles. The Bertz CT molecular complexity index is 949. The van der Waals surface area contributed by atoms with Gasteiger partial charge >= 0.3 is 5.97 Å². The number of carboxylic acids is 1. The van der Waals surface area contributed by atoms with Crippen molar-refractivity contribution in [3.05, 3.63) is 39.4 Å². The van der Waals surface area contributed by atoms with Crippen LogP contribution in [0.3, 0.4) is 0 Å². The molecule has 1 aromatic heterocycles. The minimum absolute atomic E-state index is 0.00880. The molecule has 1 saturated heterocycles. The molecule has 25 heavy (non-hydrogen) atoms. The molecule has 2 aliphatic rings. The lowest BCUT2D eigenvalue weighted by atomic mass is 10.0. The van der Waals surface area contributed by atoms with E-state index in [4.69, 9.17) is 5.73 Å². The molecule has 1 unspecified atom stereocenters. The van der Waals surface area contributed by atoms with Crippen LogP contribution >= 0.6 is 0 Å². The van der Waals surface area contributed by atoms with Crippen LogP contribution in [0.5, 0.6) is 0 Å². The highest BCUT2D eigenvalue weighted by molar-refractivity contribution is 5.95. The first kappa shape index (κ1) is 16.1. The smallest absolute Gasteiger partial charge is 0.341 e. The third-order valence-corrected chi connectivity index (χ3v) is 5.19. The molecule has 1 saturated carbocycles. The highest BCUT2D eigenvalue weighted by Crippen LogP contribution is 2.40. The number of hydrogen-bond acceptors (Lipinski definition) is 4. The number of hydrogen-bond donors (Lipinski definition) is 2. The molecule has 2 fully saturated rings. The zero-order valence-corrected chi connectivity index (χ0v) is 14.0. The lowest BCUT2D eigenvalue weighted by Crippen LogP contribution is -2.28. The number of aryl methyl sites for hydroxylation is 1. The molecule has 0 radical (unpaired) electrons. The second-order valence-electron chi connectivity index (χ2n) is 7.04. The van der Waals surface area contributed by atoms with Crippen LogP contribution in [0.15, 0.2) is 17.1 Å². The summed E-state index contributed by atoms with van der Waals surface area (Å²) in [5.41, 5.74) is 6.79. The molecule has 1 atom stereocenters. The number of carboxylic acid groups (broad SMARTS) is 1. The zero-order chi connectivity index (χ0) is 17.9. The lowest BCUT2D eigenvalue weighted by molar-refractivity contribution is 0.0695. The fourth-order valence-corrected chi connectivity index (χ4v) is 3.84. The number of anilines is 1. The number of rotatable bonds is 3. The number of nitrogens with two attached hydrogens (primary N) is 1. The van der Waals surface area contributed by atoms with Gasteiger partial charge in [-0.15, -0.1) is 0 Å². The Morgan fingerprint density at radius 3 is 2.64 bits per heavy atom.